The van der Waals surface area contributed by atoms with Crippen molar-refractivity contribution in [2.75, 3.05) is 13.7 Å². The first-order valence-electron chi connectivity index (χ1n) is 20.1. The highest BCUT2D eigenvalue weighted by Crippen LogP contribution is 2.48. The van der Waals surface area contributed by atoms with Crippen LogP contribution in [-0.4, -0.2) is 95.9 Å². The second-order valence-corrected chi connectivity index (χ2v) is 19.7. The number of aromatic nitrogens is 1. The topological polar surface area (TPSA) is 192 Å². The van der Waals surface area contributed by atoms with Crippen LogP contribution in [0.3, 0.4) is 0 Å². The summed E-state index contributed by atoms with van der Waals surface area (Å²) in [5.41, 5.74) is -0.922. The molecule has 3 aliphatic carbocycles. The number of hydrogen-bond donors (Lipinski definition) is 3. The number of sulfonamides is 1. The van der Waals surface area contributed by atoms with Crippen molar-refractivity contribution in [1.29, 1.82) is 0 Å². The number of nitrogens with one attached hydrogen (secondary N) is 3. The molecule has 4 amide bonds. The summed E-state index contributed by atoms with van der Waals surface area (Å²) in [6.45, 7) is 8.67. The van der Waals surface area contributed by atoms with Crippen molar-refractivity contribution in [2.24, 2.45) is 5.92 Å². The van der Waals surface area contributed by atoms with E-state index in [4.69, 9.17) is 23.9 Å². The molecule has 2 aromatic rings. The maximum atomic E-state index is 14.6. The molecule has 0 bridgehead atoms. The quantitative estimate of drug-likeness (QED) is 0.297. The maximum absolute atomic E-state index is 14.6. The number of carbonyl (C=O) groups is 4. The third kappa shape index (κ3) is 8.80. The third-order valence-corrected chi connectivity index (χ3v) is 13.8. The van der Waals surface area contributed by atoms with Crippen molar-refractivity contribution in [3.8, 4) is 17.4 Å². The molecule has 310 valence electrons. The number of alkyl carbamates (subject to hydrolysis) is 1. The summed E-state index contributed by atoms with van der Waals surface area (Å²) in [5, 5.41) is 6.36. The summed E-state index contributed by atoms with van der Waals surface area (Å²) in [4.78, 5) is 62.4. The molecule has 5 unspecified atom stereocenters. The Balaban J connectivity index is 1.22. The number of carbonyl (C=O) groups excluding carboxylic acids is 4. The van der Waals surface area contributed by atoms with E-state index in [-0.39, 0.29) is 25.5 Å². The molecule has 1 aromatic heterocycles. The van der Waals surface area contributed by atoms with Gasteiger partial charge in [0.25, 0.3) is 5.91 Å². The number of nitrogens with zero attached hydrogens (tertiary/aromatic N) is 2. The van der Waals surface area contributed by atoms with Crippen LogP contribution in [0.15, 0.2) is 30.4 Å². The van der Waals surface area contributed by atoms with E-state index in [1.54, 1.807) is 40.9 Å². The highest BCUT2D eigenvalue weighted by molar-refractivity contribution is 7.91. The van der Waals surface area contributed by atoms with Gasteiger partial charge in [-0.3, -0.25) is 19.1 Å². The molecule has 5 atom stereocenters. The Morgan fingerprint density at radius 2 is 1.77 bits per heavy atom. The first kappa shape index (κ1) is 40.6. The minimum absolute atomic E-state index is 0.0174. The van der Waals surface area contributed by atoms with Gasteiger partial charge in [0.15, 0.2) is 0 Å². The van der Waals surface area contributed by atoms with Gasteiger partial charge in [-0.1, -0.05) is 25.0 Å². The number of ether oxygens (including phenoxy) is 4. The zero-order valence-corrected chi connectivity index (χ0v) is 34.5. The van der Waals surface area contributed by atoms with Gasteiger partial charge in [0.2, 0.25) is 27.7 Å². The molecule has 16 heteroatoms. The smallest absolute Gasteiger partial charge is 0.408 e. The standard InChI is InChI=1S/C41H55N5O10S/c1-24-31(53-6)17-16-28-32(21-33(43-34(24)28)55-26-14-15-26)54-27-20-30-35(47)44-41(37(49)45-57(51,52)40(5)18-19-40)22-25(41)12-10-8-7-9-11-13-29(36(48)46(30)23-27)42-38(50)56-39(2,3)4/h10,12,16-17,21,25-27,29-30H,7-9,11,13-15,18-20,22-23H2,1-6H3,(H,42,50)(H,44,47)(H,45,49). The Bertz CT molecular complexity index is 2070. The molecule has 0 spiro atoms. The number of amides is 4. The monoisotopic (exact) mass is 809 g/mol. The molecule has 3 heterocycles. The molecule has 3 saturated carbocycles. The van der Waals surface area contributed by atoms with Crippen LogP contribution < -0.4 is 29.6 Å². The highest BCUT2D eigenvalue weighted by Gasteiger charge is 2.63. The molecular weight excluding hydrogens is 755 g/mol. The highest BCUT2D eigenvalue weighted by atomic mass is 32.2. The Hall–Kier alpha value is -4.60. The number of benzene rings is 1. The van der Waals surface area contributed by atoms with Crippen LogP contribution in [-0.2, 0) is 29.1 Å². The van der Waals surface area contributed by atoms with Crippen molar-refractivity contribution in [1.82, 2.24) is 25.2 Å². The van der Waals surface area contributed by atoms with Gasteiger partial charge in [-0.25, -0.2) is 18.2 Å². The zero-order valence-electron chi connectivity index (χ0n) is 33.6. The number of fused-ring (bicyclic) bond motifs is 3. The SMILES string of the molecule is COc1ccc2c(OC3CC4C(=O)NC5(C(=O)NS(=O)(=O)C6(C)CC6)CC5C=CCCCCCC(NC(=O)OC(C)(C)C)C(=O)N4C3)cc(OC3CC3)nc2c1C. The van der Waals surface area contributed by atoms with Gasteiger partial charge in [-0.2, -0.15) is 0 Å². The summed E-state index contributed by atoms with van der Waals surface area (Å²) >= 11 is 0. The van der Waals surface area contributed by atoms with Gasteiger partial charge in [-0.05, 0) is 98.1 Å². The molecule has 3 N–H and O–H groups in total. The fraction of sp³-hybridized carbons (Fsp3) is 0.634. The lowest BCUT2D eigenvalue weighted by Gasteiger charge is -2.30. The van der Waals surface area contributed by atoms with Crippen LogP contribution in [0.25, 0.3) is 10.9 Å². The minimum Gasteiger partial charge on any atom is -0.496 e. The van der Waals surface area contributed by atoms with E-state index in [2.05, 4.69) is 15.4 Å². The number of hydrogen-bond acceptors (Lipinski definition) is 11. The maximum Gasteiger partial charge on any atom is 0.408 e. The fourth-order valence-electron chi connectivity index (χ4n) is 7.67. The van der Waals surface area contributed by atoms with E-state index in [1.807, 2.05) is 31.2 Å². The number of aryl methyl sites for hydroxylation is 1. The van der Waals surface area contributed by atoms with Gasteiger partial charge in [0.1, 0.15) is 46.9 Å². The Morgan fingerprint density at radius 3 is 2.46 bits per heavy atom. The van der Waals surface area contributed by atoms with Gasteiger partial charge in [0, 0.05) is 29.4 Å². The van der Waals surface area contributed by atoms with E-state index >= 15 is 0 Å². The number of allylic oxidation sites excluding steroid dienone is 1. The predicted octanol–water partition coefficient (Wildman–Crippen LogP) is 4.73. The summed E-state index contributed by atoms with van der Waals surface area (Å²) in [5.74, 6) is -0.878. The van der Waals surface area contributed by atoms with Crippen molar-refractivity contribution in [2.45, 2.75) is 145 Å². The first-order chi connectivity index (χ1) is 26.9. The lowest BCUT2D eigenvalue weighted by molar-refractivity contribution is -0.141. The predicted molar refractivity (Wildman–Crippen MR) is 210 cm³/mol. The molecule has 2 aliphatic heterocycles. The molecule has 1 aromatic carbocycles. The van der Waals surface area contributed by atoms with E-state index in [1.165, 1.54) is 4.90 Å². The number of methoxy groups -OCH3 is 1. The first-order valence-corrected chi connectivity index (χ1v) is 21.6. The fourth-order valence-corrected chi connectivity index (χ4v) is 8.98. The average molecular weight is 810 g/mol. The lowest BCUT2D eigenvalue weighted by Crippen LogP contribution is -2.58. The van der Waals surface area contributed by atoms with Crippen LogP contribution >= 0.6 is 0 Å². The van der Waals surface area contributed by atoms with Crippen LogP contribution in [0.1, 0.15) is 104 Å². The van der Waals surface area contributed by atoms with E-state index in [0.717, 1.165) is 31.2 Å². The molecule has 7 rings (SSSR count). The molecule has 15 nitrogen and oxygen atoms in total. The lowest BCUT2D eigenvalue weighted by atomic mass is 10.0. The Morgan fingerprint density at radius 1 is 1.02 bits per heavy atom. The molecule has 0 radical (unpaired) electrons. The molecular formula is C41H55N5O10S. The summed E-state index contributed by atoms with van der Waals surface area (Å²) in [7, 11) is -2.41. The second kappa shape index (κ2) is 15.3. The van der Waals surface area contributed by atoms with Crippen LogP contribution in [0.4, 0.5) is 4.79 Å². The van der Waals surface area contributed by atoms with Gasteiger partial charge in [0.05, 0.1) is 23.9 Å². The van der Waals surface area contributed by atoms with Crippen LogP contribution in [0.5, 0.6) is 17.4 Å². The average Bonchev–Trinajstić information content (AvgIpc) is 4.09. The van der Waals surface area contributed by atoms with Crippen molar-refractivity contribution >= 4 is 44.7 Å². The van der Waals surface area contributed by atoms with Crippen LogP contribution in [0, 0.1) is 12.8 Å². The summed E-state index contributed by atoms with van der Waals surface area (Å²) < 4.78 is 51.5. The molecule has 4 fully saturated rings. The van der Waals surface area contributed by atoms with Crippen molar-refractivity contribution < 1.29 is 46.5 Å². The van der Waals surface area contributed by atoms with Crippen molar-refractivity contribution in [3.05, 3.63) is 35.9 Å². The third-order valence-electron chi connectivity index (χ3n) is 11.6. The van der Waals surface area contributed by atoms with Gasteiger partial charge >= 0.3 is 6.09 Å². The van der Waals surface area contributed by atoms with E-state index < -0.39 is 73.8 Å². The van der Waals surface area contributed by atoms with Crippen molar-refractivity contribution in [3.63, 3.8) is 0 Å². The molecule has 1 saturated heterocycles. The zero-order chi connectivity index (χ0) is 40.9. The summed E-state index contributed by atoms with van der Waals surface area (Å²) in [6, 6.07) is 3.25. The van der Waals surface area contributed by atoms with Crippen LogP contribution in [0.2, 0.25) is 0 Å². The summed E-state index contributed by atoms with van der Waals surface area (Å²) in [6.07, 6.45) is 8.53. The molecule has 5 aliphatic rings. The minimum atomic E-state index is -4.00. The number of rotatable bonds is 9. The van der Waals surface area contributed by atoms with E-state index in [0.29, 0.717) is 60.4 Å². The van der Waals surface area contributed by atoms with E-state index in [9.17, 15) is 27.6 Å². The second-order valence-electron chi connectivity index (χ2n) is 17.5. The Kier molecular flexibility index (Phi) is 10.9. The normalized spacial score (nSPS) is 27.5. The largest absolute Gasteiger partial charge is 0.496 e. The Labute approximate surface area is 334 Å². The number of pyridine rings is 1. The van der Waals surface area contributed by atoms with Gasteiger partial charge in [-0.15, -0.1) is 0 Å². The van der Waals surface area contributed by atoms with Gasteiger partial charge < -0.3 is 34.5 Å². The molecule has 57 heavy (non-hydrogen) atoms.